The van der Waals surface area contributed by atoms with Crippen LogP contribution >= 0.6 is 0 Å². The monoisotopic (exact) mass is 580 g/mol. The van der Waals surface area contributed by atoms with Crippen molar-refractivity contribution in [2.75, 3.05) is 24.5 Å². The van der Waals surface area contributed by atoms with Gasteiger partial charge in [0.1, 0.15) is 17.2 Å². The number of phenolic OH excluding ortho intramolecular Hbond substituents is 1. The molecule has 1 amide bonds. The molecule has 216 valence electrons. The number of aromatic hydroxyl groups is 1. The minimum atomic E-state index is -0.334. The van der Waals surface area contributed by atoms with Gasteiger partial charge in [-0.2, -0.15) is 5.26 Å². The molecule has 0 bridgehead atoms. The Morgan fingerprint density at radius 2 is 1.95 bits per heavy atom. The summed E-state index contributed by atoms with van der Waals surface area (Å²) < 4.78 is 6.17. The molecule has 1 saturated heterocycles. The number of aromatic nitrogens is 3. The second kappa shape index (κ2) is 10.8. The number of phenols is 1. The SMILES string of the molecule is C=CC(=O)N1CCN(c2nc(-c3ccc(C)nc3)nc3cc(-c4cc(O)cc5ccccc45)c4ccoc4c23)C[C@@H]1CC#N. The van der Waals surface area contributed by atoms with E-state index in [1.165, 1.54) is 6.08 Å². The lowest BCUT2D eigenvalue weighted by atomic mass is 9.94. The minimum absolute atomic E-state index is 0.167. The van der Waals surface area contributed by atoms with E-state index in [0.29, 0.717) is 42.4 Å². The number of fused-ring (bicyclic) bond motifs is 4. The zero-order chi connectivity index (χ0) is 30.4. The summed E-state index contributed by atoms with van der Waals surface area (Å²) >= 11 is 0. The molecule has 44 heavy (non-hydrogen) atoms. The quantitative estimate of drug-likeness (QED) is 0.233. The number of hydrogen-bond acceptors (Lipinski definition) is 8. The number of rotatable bonds is 5. The van der Waals surface area contributed by atoms with Crippen LogP contribution < -0.4 is 4.90 Å². The lowest BCUT2D eigenvalue weighted by molar-refractivity contribution is -0.128. The van der Waals surface area contributed by atoms with Gasteiger partial charge in [0.2, 0.25) is 5.91 Å². The van der Waals surface area contributed by atoms with E-state index in [1.54, 1.807) is 29.5 Å². The van der Waals surface area contributed by atoms with Crippen LogP contribution in [0.3, 0.4) is 0 Å². The summed E-state index contributed by atoms with van der Waals surface area (Å²) in [6.45, 7) is 6.89. The third-order valence-corrected chi connectivity index (χ3v) is 8.25. The molecule has 7 rings (SSSR count). The van der Waals surface area contributed by atoms with E-state index in [4.69, 9.17) is 14.4 Å². The first-order valence-corrected chi connectivity index (χ1v) is 14.4. The molecule has 9 nitrogen and oxygen atoms in total. The van der Waals surface area contributed by atoms with Crippen LogP contribution in [0, 0.1) is 18.3 Å². The van der Waals surface area contributed by atoms with Gasteiger partial charge in [-0.15, -0.1) is 0 Å². The molecule has 0 radical (unpaired) electrons. The van der Waals surface area contributed by atoms with Crippen molar-refractivity contribution in [2.45, 2.75) is 19.4 Å². The first-order chi connectivity index (χ1) is 21.4. The van der Waals surface area contributed by atoms with Crippen LogP contribution in [0.4, 0.5) is 5.82 Å². The Hall–Kier alpha value is -5.75. The van der Waals surface area contributed by atoms with Crippen molar-refractivity contribution in [3.8, 4) is 34.3 Å². The van der Waals surface area contributed by atoms with Crippen molar-refractivity contribution < 1.29 is 14.3 Å². The molecular formula is C35H28N6O3. The first kappa shape index (κ1) is 27.1. The highest BCUT2D eigenvalue weighted by atomic mass is 16.3. The predicted octanol–water partition coefficient (Wildman–Crippen LogP) is 6.39. The molecule has 1 N–H and O–H groups in total. The number of hydrogen-bond donors (Lipinski definition) is 1. The van der Waals surface area contributed by atoms with E-state index in [-0.39, 0.29) is 24.1 Å². The third-order valence-electron chi connectivity index (χ3n) is 8.25. The lowest BCUT2D eigenvalue weighted by Crippen LogP contribution is -2.55. The molecule has 0 saturated carbocycles. The van der Waals surface area contributed by atoms with Crippen LogP contribution in [-0.4, -0.2) is 56.5 Å². The fourth-order valence-electron chi connectivity index (χ4n) is 6.15. The molecule has 0 unspecified atom stereocenters. The van der Waals surface area contributed by atoms with Crippen LogP contribution in [0.25, 0.3) is 55.2 Å². The van der Waals surface area contributed by atoms with Gasteiger partial charge in [0.25, 0.3) is 0 Å². The Balaban J connectivity index is 1.48. The average Bonchev–Trinajstić information content (AvgIpc) is 3.54. The highest BCUT2D eigenvalue weighted by Crippen LogP contribution is 2.42. The maximum absolute atomic E-state index is 12.6. The molecule has 1 fully saturated rings. The van der Waals surface area contributed by atoms with E-state index in [0.717, 1.165) is 43.9 Å². The summed E-state index contributed by atoms with van der Waals surface area (Å²) in [4.78, 5) is 31.0. The largest absolute Gasteiger partial charge is 0.508 e. The highest BCUT2D eigenvalue weighted by Gasteiger charge is 2.32. The number of aryl methyl sites for hydroxylation is 1. The van der Waals surface area contributed by atoms with Gasteiger partial charge in [0.15, 0.2) is 5.82 Å². The zero-order valence-corrected chi connectivity index (χ0v) is 24.1. The lowest BCUT2D eigenvalue weighted by Gasteiger charge is -2.41. The number of nitriles is 1. The number of carbonyl (C=O) groups excluding carboxylic acids is 1. The van der Waals surface area contributed by atoms with Crippen molar-refractivity contribution in [1.29, 1.82) is 5.26 Å². The van der Waals surface area contributed by atoms with Gasteiger partial charge in [-0.25, -0.2) is 9.97 Å². The van der Waals surface area contributed by atoms with Gasteiger partial charge < -0.3 is 19.3 Å². The molecule has 1 atom stereocenters. The van der Waals surface area contributed by atoms with Gasteiger partial charge in [0, 0.05) is 42.5 Å². The third kappa shape index (κ3) is 4.57. The molecule has 3 aromatic carbocycles. The molecule has 1 aliphatic rings. The van der Waals surface area contributed by atoms with Crippen molar-refractivity contribution in [1.82, 2.24) is 19.9 Å². The van der Waals surface area contributed by atoms with E-state index in [2.05, 4.69) is 22.5 Å². The maximum Gasteiger partial charge on any atom is 0.246 e. The first-order valence-electron chi connectivity index (χ1n) is 14.4. The summed E-state index contributed by atoms with van der Waals surface area (Å²) in [6.07, 6.45) is 4.88. The second-order valence-electron chi connectivity index (χ2n) is 11.0. The van der Waals surface area contributed by atoms with E-state index in [9.17, 15) is 15.2 Å². The van der Waals surface area contributed by atoms with Crippen LogP contribution in [0.2, 0.25) is 0 Å². The number of anilines is 1. The van der Waals surface area contributed by atoms with E-state index < -0.39 is 0 Å². The molecule has 3 aromatic heterocycles. The minimum Gasteiger partial charge on any atom is -0.508 e. The Bertz CT molecular complexity index is 2130. The fraction of sp³-hybridized carbons (Fsp3) is 0.171. The average molecular weight is 581 g/mol. The molecule has 9 heteroatoms. The van der Waals surface area contributed by atoms with E-state index in [1.807, 2.05) is 55.5 Å². The topological polar surface area (TPSA) is 119 Å². The molecular weight excluding hydrogens is 552 g/mol. The predicted molar refractivity (Wildman–Crippen MR) is 170 cm³/mol. The van der Waals surface area contributed by atoms with Gasteiger partial charge in [-0.1, -0.05) is 30.8 Å². The van der Waals surface area contributed by atoms with Gasteiger partial charge in [-0.05, 0) is 71.3 Å². The number of amides is 1. The standard InChI is InChI=1S/C35H28N6O3/c1-3-31(43)41-14-13-40(20-24(41)10-12-36)35-32-30(38-34(39-35)23-9-8-21(2)37-19-23)18-29(27-11-15-44-33(27)32)28-17-25(42)16-22-6-4-5-7-26(22)28/h3-9,11,15-19,24,42H,1,10,13-14,20H2,2H3/t24-/m0/s1. The van der Waals surface area contributed by atoms with Crippen molar-refractivity contribution in [3.05, 3.63) is 91.5 Å². The summed E-state index contributed by atoms with van der Waals surface area (Å²) in [7, 11) is 0. The number of pyridine rings is 1. The highest BCUT2D eigenvalue weighted by molar-refractivity contribution is 6.16. The Labute approximate surface area is 253 Å². The summed E-state index contributed by atoms with van der Waals surface area (Å²) in [5.74, 6) is 1.13. The van der Waals surface area contributed by atoms with Gasteiger partial charge in [0.05, 0.1) is 35.7 Å². The maximum atomic E-state index is 12.6. The molecule has 6 aromatic rings. The van der Waals surface area contributed by atoms with Crippen LogP contribution in [-0.2, 0) is 4.79 Å². The van der Waals surface area contributed by atoms with Crippen molar-refractivity contribution >= 4 is 44.4 Å². The normalized spacial score (nSPS) is 15.1. The van der Waals surface area contributed by atoms with Gasteiger partial charge >= 0.3 is 0 Å². The summed E-state index contributed by atoms with van der Waals surface area (Å²) in [5, 5.41) is 23.8. The molecule has 4 heterocycles. The van der Waals surface area contributed by atoms with Crippen molar-refractivity contribution in [3.63, 3.8) is 0 Å². The van der Waals surface area contributed by atoms with Crippen molar-refractivity contribution in [2.24, 2.45) is 0 Å². The van der Waals surface area contributed by atoms with Crippen LogP contribution in [0.5, 0.6) is 5.75 Å². The Morgan fingerprint density at radius 1 is 1.11 bits per heavy atom. The van der Waals surface area contributed by atoms with Gasteiger partial charge in [-0.3, -0.25) is 9.78 Å². The Morgan fingerprint density at radius 3 is 2.75 bits per heavy atom. The zero-order valence-electron chi connectivity index (χ0n) is 24.1. The molecule has 0 aliphatic carbocycles. The van der Waals surface area contributed by atoms with Crippen LogP contribution in [0.15, 0.2) is 90.2 Å². The second-order valence-corrected chi connectivity index (χ2v) is 11.0. The summed E-state index contributed by atoms with van der Waals surface area (Å²) in [6, 6.07) is 21.2. The number of furan rings is 1. The van der Waals surface area contributed by atoms with Crippen LogP contribution in [0.1, 0.15) is 12.1 Å². The van der Waals surface area contributed by atoms with E-state index >= 15 is 0 Å². The number of benzene rings is 3. The Kier molecular flexibility index (Phi) is 6.67. The smallest absolute Gasteiger partial charge is 0.246 e. The number of piperazine rings is 1. The number of nitrogens with zero attached hydrogens (tertiary/aromatic N) is 6. The number of carbonyl (C=O) groups is 1. The fourth-order valence-corrected chi connectivity index (χ4v) is 6.15. The summed E-state index contributed by atoms with van der Waals surface area (Å²) in [5.41, 5.74) is 4.66. The molecule has 0 spiro atoms. The molecule has 1 aliphatic heterocycles.